The van der Waals surface area contributed by atoms with E-state index in [9.17, 15) is 9.59 Å². The second-order valence-corrected chi connectivity index (χ2v) is 8.57. The van der Waals surface area contributed by atoms with Gasteiger partial charge in [-0.05, 0) is 48.5 Å². The zero-order valence-electron chi connectivity index (χ0n) is 19.1. The van der Waals surface area contributed by atoms with Gasteiger partial charge in [-0.15, -0.1) is 0 Å². The molecule has 10 heteroatoms. The quantitative estimate of drug-likeness (QED) is 0.250. The van der Waals surface area contributed by atoms with Crippen LogP contribution in [-0.4, -0.2) is 55.9 Å². The normalized spacial score (nSPS) is 10.6. The molecule has 2 N–H and O–H groups in total. The molecular weight excluding hydrogens is 480 g/mol. The molecule has 0 atom stereocenters. The molecule has 0 radical (unpaired) electrons. The Morgan fingerprint density at radius 1 is 0.743 bits per heavy atom. The van der Waals surface area contributed by atoms with Gasteiger partial charge in [-0.1, -0.05) is 36.6 Å². The highest BCUT2D eigenvalue weighted by atomic mass is 32.1. The largest absolute Gasteiger partial charge is 0.277 e. The lowest BCUT2D eigenvalue weighted by Gasteiger charge is -2.23. The van der Waals surface area contributed by atoms with Gasteiger partial charge in [-0.25, -0.2) is 0 Å². The number of aromatic nitrogens is 2. The van der Waals surface area contributed by atoms with Gasteiger partial charge in [0.05, 0.1) is 11.0 Å². The molecular formula is C25H22N6O2S2. The number of hydrogen-bond acceptors (Lipinski definition) is 6. The second-order valence-electron chi connectivity index (χ2n) is 7.80. The number of carbonyl (C=O) groups excluding carboxylic acids is 2. The fourth-order valence-corrected chi connectivity index (χ4v) is 3.85. The van der Waals surface area contributed by atoms with Crippen molar-refractivity contribution in [1.29, 1.82) is 0 Å². The van der Waals surface area contributed by atoms with Crippen LogP contribution in [0.2, 0.25) is 0 Å². The number of rotatable bonds is 4. The van der Waals surface area contributed by atoms with Gasteiger partial charge in [0.25, 0.3) is 0 Å². The van der Waals surface area contributed by atoms with Crippen LogP contribution in [0.4, 0.5) is 0 Å². The molecule has 8 nitrogen and oxygen atoms in total. The summed E-state index contributed by atoms with van der Waals surface area (Å²) in [5.41, 5.74) is 8.47. The first-order valence-electron chi connectivity index (χ1n) is 10.7. The van der Waals surface area contributed by atoms with E-state index >= 15 is 0 Å². The van der Waals surface area contributed by atoms with Crippen LogP contribution < -0.4 is 10.9 Å². The molecule has 0 unspecified atom stereocenters. The number of thiocarbonyl (C=S) groups is 2. The minimum absolute atomic E-state index is 0.400. The maximum Gasteiger partial charge on any atom is 0.248 e. The van der Waals surface area contributed by atoms with E-state index in [2.05, 4.69) is 20.8 Å². The molecule has 2 aromatic carbocycles. The van der Waals surface area contributed by atoms with E-state index in [0.29, 0.717) is 9.98 Å². The van der Waals surface area contributed by atoms with E-state index < -0.39 is 18.2 Å². The van der Waals surface area contributed by atoms with Crippen LogP contribution in [0.15, 0.2) is 73.1 Å². The molecule has 0 fully saturated rings. The van der Waals surface area contributed by atoms with Crippen LogP contribution in [0.25, 0.3) is 21.8 Å². The predicted molar refractivity (Wildman–Crippen MR) is 143 cm³/mol. The monoisotopic (exact) mass is 502 g/mol. The first-order chi connectivity index (χ1) is 16.8. The summed E-state index contributed by atoms with van der Waals surface area (Å²) in [5.74, 6) is -1.02. The summed E-state index contributed by atoms with van der Waals surface area (Å²) in [6.07, 6.45) is 3.05. The van der Waals surface area contributed by atoms with Crippen LogP contribution in [0.3, 0.4) is 0 Å². The fourth-order valence-electron chi connectivity index (χ4n) is 3.51. The Balaban J connectivity index is 1.31. The standard InChI is InChI=1S/C25H22N6O2S2/c1-30(24(34)18-7-9-20-16(13-18)5-3-11-26-20)28-22(32)15-23(33)29-31(2)25(35)19-8-10-21-17(14-19)6-4-12-27-21/h3-14H,15H2,1-2H3,(H,28,32)(H,29,33). The number of hydrogen-bond donors (Lipinski definition) is 2. The molecule has 0 spiro atoms. The lowest BCUT2D eigenvalue weighted by atomic mass is 10.1. The molecule has 4 aromatic rings. The molecule has 2 amide bonds. The molecule has 0 bridgehead atoms. The lowest BCUT2D eigenvalue weighted by Crippen LogP contribution is -2.47. The summed E-state index contributed by atoms with van der Waals surface area (Å²) in [4.78, 5) is 34.3. The van der Waals surface area contributed by atoms with E-state index in [4.69, 9.17) is 24.4 Å². The van der Waals surface area contributed by atoms with Crippen LogP contribution in [0.5, 0.6) is 0 Å². The number of carbonyl (C=O) groups is 2. The zero-order valence-corrected chi connectivity index (χ0v) is 20.7. The fraction of sp³-hybridized carbons (Fsp3) is 0.120. The third-order valence-corrected chi connectivity index (χ3v) is 6.23. The van der Waals surface area contributed by atoms with Crippen LogP contribution in [0, 0.1) is 0 Å². The Bertz CT molecular complexity index is 1350. The first kappa shape index (κ1) is 24.1. The molecule has 0 saturated heterocycles. The van der Waals surface area contributed by atoms with Gasteiger partial charge < -0.3 is 0 Å². The van der Waals surface area contributed by atoms with Crippen molar-refractivity contribution in [1.82, 2.24) is 30.8 Å². The van der Waals surface area contributed by atoms with Crippen LogP contribution in [-0.2, 0) is 9.59 Å². The first-order valence-corrected chi connectivity index (χ1v) is 11.5. The maximum absolute atomic E-state index is 12.4. The van der Waals surface area contributed by atoms with Gasteiger partial charge in [-0.3, -0.25) is 40.4 Å². The molecule has 2 aromatic heterocycles. The number of nitrogens with one attached hydrogen (secondary N) is 2. The van der Waals surface area contributed by atoms with Crippen molar-refractivity contribution in [3.8, 4) is 0 Å². The molecule has 35 heavy (non-hydrogen) atoms. The SMILES string of the molecule is CN(NC(=O)CC(=O)NN(C)C(=S)c1ccc2ncccc2c1)C(=S)c1ccc2ncccc2c1. The predicted octanol–water partition coefficient (Wildman–Crippen LogP) is 3.15. The highest BCUT2D eigenvalue weighted by Gasteiger charge is 2.17. The van der Waals surface area contributed by atoms with Crippen LogP contribution in [0.1, 0.15) is 17.5 Å². The highest BCUT2D eigenvalue weighted by molar-refractivity contribution is 7.80. The maximum atomic E-state index is 12.4. The smallest absolute Gasteiger partial charge is 0.248 e. The Labute approximate surface area is 212 Å². The van der Waals surface area contributed by atoms with Crippen molar-refractivity contribution in [3.05, 3.63) is 84.2 Å². The third kappa shape index (κ3) is 5.73. The second kappa shape index (κ2) is 10.5. The van der Waals surface area contributed by atoms with E-state index in [-0.39, 0.29) is 0 Å². The van der Waals surface area contributed by atoms with E-state index in [1.807, 2.05) is 60.7 Å². The zero-order chi connectivity index (χ0) is 24.9. The van der Waals surface area contributed by atoms with E-state index in [1.165, 1.54) is 10.0 Å². The van der Waals surface area contributed by atoms with Crippen molar-refractivity contribution >= 4 is 68.0 Å². The van der Waals surface area contributed by atoms with Crippen molar-refractivity contribution in [2.24, 2.45) is 0 Å². The highest BCUT2D eigenvalue weighted by Crippen LogP contribution is 2.16. The Kier molecular flexibility index (Phi) is 7.23. The number of hydrazine groups is 2. The van der Waals surface area contributed by atoms with Gasteiger partial charge in [0, 0.05) is 48.4 Å². The average molecular weight is 503 g/mol. The van der Waals surface area contributed by atoms with Gasteiger partial charge >= 0.3 is 0 Å². The van der Waals surface area contributed by atoms with Crippen molar-refractivity contribution in [2.75, 3.05) is 14.1 Å². The summed E-state index contributed by atoms with van der Waals surface area (Å²) in [5, 5.41) is 4.71. The van der Waals surface area contributed by atoms with Gasteiger partial charge in [0.15, 0.2) is 0 Å². The Hall–Kier alpha value is -4.02. The summed E-state index contributed by atoms with van der Waals surface area (Å²) < 4.78 is 0. The van der Waals surface area contributed by atoms with Gasteiger partial charge in [0.1, 0.15) is 16.4 Å². The Morgan fingerprint density at radius 2 is 1.17 bits per heavy atom. The number of benzene rings is 2. The van der Waals surface area contributed by atoms with Crippen molar-refractivity contribution < 1.29 is 9.59 Å². The minimum atomic E-state index is -0.508. The molecule has 0 saturated carbocycles. The minimum Gasteiger partial charge on any atom is -0.277 e. The Morgan fingerprint density at radius 3 is 1.60 bits per heavy atom. The number of nitrogens with zero attached hydrogens (tertiary/aromatic N) is 4. The molecule has 4 rings (SSSR count). The molecule has 0 aliphatic rings. The summed E-state index contributed by atoms with van der Waals surface area (Å²) in [6.45, 7) is 0. The van der Waals surface area contributed by atoms with Gasteiger partial charge in [-0.2, -0.15) is 0 Å². The topological polar surface area (TPSA) is 90.5 Å². The lowest BCUT2D eigenvalue weighted by molar-refractivity contribution is -0.132. The van der Waals surface area contributed by atoms with Crippen LogP contribution >= 0.6 is 24.4 Å². The molecule has 0 aliphatic carbocycles. The number of amides is 2. The van der Waals surface area contributed by atoms with Crippen molar-refractivity contribution in [3.63, 3.8) is 0 Å². The molecule has 2 heterocycles. The summed E-state index contributed by atoms with van der Waals surface area (Å²) in [7, 11) is 3.25. The summed E-state index contributed by atoms with van der Waals surface area (Å²) >= 11 is 11.0. The third-order valence-electron chi connectivity index (χ3n) is 5.22. The number of pyridine rings is 2. The average Bonchev–Trinajstić information content (AvgIpc) is 2.86. The molecule has 176 valence electrons. The molecule has 0 aliphatic heterocycles. The summed E-state index contributed by atoms with van der Waals surface area (Å²) in [6, 6.07) is 18.8. The van der Waals surface area contributed by atoms with Crippen molar-refractivity contribution in [2.45, 2.75) is 6.42 Å². The van der Waals surface area contributed by atoms with E-state index in [1.54, 1.807) is 26.5 Å². The van der Waals surface area contributed by atoms with Gasteiger partial charge in [0.2, 0.25) is 11.8 Å². The van der Waals surface area contributed by atoms with E-state index in [0.717, 1.165) is 32.9 Å². The number of fused-ring (bicyclic) bond motifs is 2.